The molecule has 3 heterocycles. The van der Waals surface area contributed by atoms with E-state index in [9.17, 15) is 9.59 Å². The molecule has 6 nitrogen and oxygen atoms in total. The maximum absolute atomic E-state index is 12.3. The van der Waals surface area contributed by atoms with Gasteiger partial charge in [0.2, 0.25) is 5.91 Å². The molecule has 1 unspecified atom stereocenters. The van der Waals surface area contributed by atoms with Crippen molar-refractivity contribution in [2.24, 2.45) is 0 Å². The van der Waals surface area contributed by atoms with E-state index in [4.69, 9.17) is 0 Å². The molecule has 3 aliphatic rings. The smallest absolute Gasteiger partial charge is 0.250 e. The number of carbonyl (C=O) groups is 2. The third kappa shape index (κ3) is 2.78. The van der Waals surface area contributed by atoms with Crippen molar-refractivity contribution >= 4 is 23.6 Å². The highest BCUT2D eigenvalue weighted by Crippen LogP contribution is 2.18. The van der Waals surface area contributed by atoms with Crippen molar-refractivity contribution in [3.8, 4) is 0 Å². The molecular weight excluding hydrogens is 276 g/mol. The lowest BCUT2D eigenvalue weighted by molar-refractivity contribution is -0.136. The largest absolute Gasteiger partial charge is 0.341 e. The summed E-state index contributed by atoms with van der Waals surface area (Å²) < 4.78 is 0. The third-order valence-corrected chi connectivity index (χ3v) is 4.90. The van der Waals surface area contributed by atoms with Crippen molar-refractivity contribution in [1.82, 2.24) is 20.2 Å². The van der Waals surface area contributed by atoms with Gasteiger partial charge in [-0.3, -0.25) is 9.59 Å². The van der Waals surface area contributed by atoms with E-state index in [1.54, 1.807) is 11.1 Å². The summed E-state index contributed by atoms with van der Waals surface area (Å²) in [4.78, 5) is 28.0. The zero-order chi connectivity index (χ0) is 13.9. The number of hydrogen-bond donors (Lipinski definition) is 1. The van der Waals surface area contributed by atoms with E-state index >= 15 is 0 Å². The quantitative estimate of drug-likeness (QED) is 0.784. The van der Waals surface area contributed by atoms with Gasteiger partial charge in [0.15, 0.2) is 0 Å². The second-order valence-corrected chi connectivity index (χ2v) is 6.42. The fraction of sp³-hybridized carbons (Fsp3) is 0.692. The van der Waals surface area contributed by atoms with Crippen LogP contribution in [0.4, 0.5) is 0 Å². The number of amides is 2. The van der Waals surface area contributed by atoms with Crippen LogP contribution in [0.1, 0.15) is 12.8 Å². The Morgan fingerprint density at radius 3 is 2.95 bits per heavy atom. The minimum absolute atomic E-state index is 0.0958. The fourth-order valence-corrected chi connectivity index (χ4v) is 3.67. The first kappa shape index (κ1) is 13.8. The van der Waals surface area contributed by atoms with Gasteiger partial charge >= 0.3 is 0 Å². The predicted octanol–water partition coefficient (Wildman–Crippen LogP) is -0.156. The van der Waals surface area contributed by atoms with Gasteiger partial charge in [0.25, 0.3) is 5.91 Å². The van der Waals surface area contributed by atoms with Crippen LogP contribution >= 0.6 is 11.8 Å². The van der Waals surface area contributed by atoms with E-state index in [1.807, 2.05) is 27.9 Å². The Bertz CT molecular complexity index is 423. The highest BCUT2D eigenvalue weighted by atomic mass is 32.2. The van der Waals surface area contributed by atoms with Gasteiger partial charge in [-0.25, -0.2) is 5.43 Å². The van der Waals surface area contributed by atoms with E-state index in [-0.39, 0.29) is 17.9 Å². The molecule has 0 saturated carbocycles. The normalized spacial score (nSPS) is 26.1. The molecule has 20 heavy (non-hydrogen) atoms. The molecule has 0 bridgehead atoms. The zero-order valence-electron chi connectivity index (χ0n) is 11.5. The van der Waals surface area contributed by atoms with Crippen LogP contribution in [0.2, 0.25) is 0 Å². The Balaban J connectivity index is 1.52. The predicted molar refractivity (Wildman–Crippen MR) is 77.6 cm³/mol. The van der Waals surface area contributed by atoms with Crippen molar-refractivity contribution in [3.05, 3.63) is 12.4 Å². The number of nitrogens with zero attached hydrogens (tertiary/aromatic N) is 3. The lowest BCUT2D eigenvalue weighted by atomic mass is 10.1. The van der Waals surface area contributed by atoms with E-state index in [2.05, 4.69) is 5.43 Å². The van der Waals surface area contributed by atoms with Crippen molar-refractivity contribution in [2.75, 3.05) is 37.7 Å². The number of hydrogen-bond acceptors (Lipinski definition) is 5. The number of carbonyl (C=O) groups excluding carboxylic acids is 2. The van der Waals surface area contributed by atoms with Crippen molar-refractivity contribution in [3.63, 3.8) is 0 Å². The van der Waals surface area contributed by atoms with Crippen LogP contribution in [0.25, 0.3) is 0 Å². The topological polar surface area (TPSA) is 55.9 Å². The average molecular weight is 296 g/mol. The zero-order valence-corrected chi connectivity index (χ0v) is 12.3. The number of hydrazine groups is 1. The van der Waals surface area contributed by atoms with Crippen LogP contribution in [0, 0.1) is 0 Å². The van der Waals surface area contributed by atoms with Crippen LogP contribution in [0.5, 0.6) is 0 Å². The number of thioether (sulfide) groups is 1. The molecule has 2 amide bonds. The van der Waals surface area contributed by atoms with Gasteiger partial charge in [0, 0.05) is 56.5 Å². The third-order valence-electron chi connectivity index (χ3n) is 3.95. The summed E-state index contributed by atoms with van der Waals surface area (Å²) in [5.41, 5.74) is 3.15. The molecule has 0 spiro atoms. The summed E-state index contributed by atoms with van der Waals surface area (Å²) in [5, 5.41) is 1.86. The van der Waals surface area contributed by atoms with Crippen LogP contribution in [0.15, 0.2) is 12.4 Å². The van der Waals surface area contributed by atoms with Crippen LogP contribution in [-0.4, -0.2) is 70.3 Å². The molecule has 3 aliphatic heterocycles. The molecular formula is C13H20N4O2S. The van der Waals surface area contributed by atoms with Crippen molar-refractivity contribution < 1.29 is 9.59 Å². The average Bonchev–Trinajstić information content (AvgIpc) is 2.96. The molecule has 2 saturated heterocycles. The van der Waals surface area contributed by atoms with Crippen LogP contribution in [-0.2, 0) is 9.59 Å². The van der Waals surface area contributed by atoms with Gasteiger partial charge < -0.3 is 14.8 Å². The summed E-state index contributed by atoms with van der Waals surface area (Å²) in [7, 11) is 0. The van der Waals surface area contributed by atoms with Crippen molar-refractivity contribution in [2.45, 2.75) is 18.9 Å². The van der Waals surface area contributed by atoms with E-state index in [1.165, 1.54) is 0 Å². The van der Waals surface area contributed by atoms with E-state index in [0.717, 1.165) is 37.6 Å². The molecule has 0 aromatic carbocycles. The lowest BCUT2D eigenvalue weighted by Crippen LogP contribution is -2.48. The molecule has 3 rings (SSSR count). The molecule has 0 aliphatic carbocycles. The van der Waals surface area contributed by atoms with E-state index in [0.29, 0.717) is 13.0 Å². The highest BCUT2D eigenvalue weighted by Gasteiger charge is 2.34. The first-order chi connectivity index (χ1) is 9.75. The Hall–Kier alpha value is -1.21. The molecule has 7 heteroatoms. The summed E-state index contributed by atoms with van der Waals surface area (Å²) in [6.45, 7) is 3.00. The van der Waals surface area contributed by atoms with Gasteiger partial charge in [-0.1, -0.05) is 0 Å². The number of fused-ring (bicyclic) bond motifs is 1. The maximum atomic E-state index is 12.3. The first-order valence-electron chi connectivity index (χ1n) is 7.12. The van der Waals surface area contributed by atoms with Gasteiger partial charge in [0.05, 0.1) is 0 Å². The summed E-state index contributed by atoms with van der Waals surface area (Å²) in [6.07, 6.45) is 4.91. The lowest BCUT2D eigenvalue weighted by Gasteiger charge is -2.32. The van der Waals surface area contributed by atoms with Gasteiger partial charge in [-0.2, -0.15) is 11.8 Å². The molecule has 1 atom stereocenters. The van der Waals surface area contributed by atoms with Gasteiger partial charge in [-0.15, -0.1) is 0 Å². The molecule has 0 aromatic heterocycles. The summed E-state index contributed by atoms with van der Waals surface area (Å²) >= 11 is 1.89. The van der Waals surface area contributed by atoms with Crippen LogP contribution < -0.4 is 5.43 Å². The van der Waals surface area contributed by atoms with E-state index < -0.39 is 0 Å². The molecule has 1 N–H and O–H groups in total. The second kappa shape index (κ2) is 6.05. The summed E-state index contributed by atoms with van der Waals surface area (Å²) in [6, 6.07) is -0.0958. The van der Waals surface area contributed by atoms with Gasteiger partial charge in [0.1, 0.15) is 6.04 Å². The highest BCUT2D eigenvalue weighted by molar-refractivity contribution is 7.99. The SMILES string of the molecule is O=C1C2CCNN2C=CN1CCC(=O)N1CCSCC1. The minimum Gasteiger partial charge on any atom is -0.341 e. The monoisotopic (exact) mass is 296 g/mol. The second-order valence-electron chi connectivity index (χ2n) is 5.19. The standard InChI is InChI=1S/C13H20N4O2S/c18-12(15-7-9-20-10-8-15)2-4-16-5-6-17-11(13(16)19)1-3-14-17/h5-6,11,14H,1-4,7-10H2. The Kier molecular flexibility index (Phi) is 4.16. The molecule has 2 fully saturated rings. The molecule has 0 radical (unpaired) electrons. The first-order valence-corrected chi connectivity index (χ1v) is 8.27. The Morgan fingerprint density at radius 1 is 1.35 bits per heavy atom. The maximum Gasteiger partial charge on any atom is 0.250 e. The van der Waals surface area contributed by atoms with Crippen molar-refractivity contribution in [1.29, 1.82) is 0 Å². The Morgan fingerprint density at radius 2 is 2.15 bits per heavy atom. The summed E-state index contributed by atoms with van der Waals surface area (Å²) in [5.74, 6) is 2.31. The fourth-order valence-electron chi connectivity index (χ4n) is 2.77. The number of nitrogens with one attached hydrogen (secondary N) is 1. The number of rotatable bonds is 3. The molecule has 0 aromatic rings. The minimum atomic E-state index is -0.0958. The molecule has 110 valence electrons. The Labute approximate surface area is 123 Å². The van der Waals surface area contributed by atoms with Gasteiger partial charge in [-0.05, 0) is 6.42 Å². The van der Waals surface area contributed by atoms with Crippen LogP contribution in [0.3, 0.4) is 0 Å².